The van der Waals surface area contributed by atoms with E-state index in [9.17, 15) is 14.3 Å². The second-order valence-corrected chi connectivity index (χ2v) is 11.7. The Kier molecular flexibility index (Phi) is 6.09. The lowest BCUT2D eigenvalue weighted by Gasteiger charge is -2.53. The number of hydrogen-bond donors (Lipinski definition) is 1. The third kappa shape index (κ3) is 3.94. The van der Waals surface area contributed by atoms with Gasteiger partial charge in [-0.15, -0.1) is 0 Å². The van der Waals surface area contributed by atoms with Gasteiger partial charge in [0.1, 0.15) is 11.4 Å². The van der Waals surface area contributed by atoms with Crippen LogP contribution in [0.1, 0.15) is 56.1 Å². The molecule has 38 heavy (non-hydrogen) atoms. The Labute approximate surface area is 224 Å². The lowest BCUT2D eigenvalue weighted by atomic mass is 9.55. The van der Waals surface area contributed by atoms with E-state index in [-0.39, 0.29) is 29.5 Å². The van der Waals surface area contributed by atoms with Crippen molar-refractivity contribution in [2.45, 2.75) is 56.7 Å². The molecule has 196 valence electrons. The number of halogens is 1. The summed E-state index contributed by atoms with van der Waals surface area (Å²) >= 11 is 0. The average Bonchev–Trinajstić information content (AvgIpc) is 3.17. The molecule has 2 fully saturated rings. The van der Waals surface area contributed by atoms with Gasteiger partial charge in [0.2, 0.25) is 0 Å². The van der Waals surface area contributed by atoms with Crippen LogP contribution in [0, 0.1) is 29.0 Å². The van der Waals surface area contributed by atoms with Crippen LogP contribution in [-0.4, -0.2) is 43.3 Å². The van der Waals surface area contributed by atoms with E-state index < -0.39 is 11.0 Å². The summed E-state index contributed by atoms with van der Waals surface area (Å²) in [6.45, 7) is 2.57. The number of ether oxygens (including phenoxy) is 1. The van der Waals surface area contributed by atoms with Crippen molar-refractivity contribution in [3.63, 3.8) is 0 Å². The number of hydrogen-bond acceptors (Lipinski definition) is 4. The quantitative estimate of drug-likeness (QED) is 0.536. The molecule has 5 heteroatoms. The van der Waals surface area contributed by atoms with Crippen LogP contribution in [0.25, 0.3) is 0 Å². The number of allylic oxidation sites excluding steroid dienone is 1. The Morgan fingerprint density at radius 1 is 1.11 bits per heavy atom. The van der Waals surface area contributed by atoms with E-state index in [0.29, 0.717) is 31.4 Å². The highest BCUT2D eigenvalue weighted by atomic mass is 19.1. The number of anilines is 1. The number of ketones is 1. The highest BCUT2D eigenvalue weighted by molar-refractivity contribution is 5.93. The number of aliphatic hydroxyl groups is 1. The van der Waals surface area contributed by atoms with Crippen LogP contribution in [0.3, 0.4) is 0 Å². The van der Waals surface area contributed by atoms with Crippen LogP contribution in [0.15, 0.2) is 71.3 Å². The van der Waals surface area contributed by atoms with Crippen molar-refractivity contribution in [2.75, 3.05) is 25.6 Å². The molecular weight excluding hydrogens is 477 g/mol. The highest BCUT2D eigenvalue weighted by Crippen LogP contribution is 2.64. The molecule has 0 bridgehead atoms. The first-order chi connectivity index (χ1) is 18.2. The fourth-order valence-corrected chi connectivity index (χ4v) is 7.26. The minimum absolute atomic E-state index is 0.0317. The van der Waals surface area contributed by atoms with Gasteiger partial charge in [0.05, 0.1) is 18.3 Å². The second-order valence-electron chi connectivity index (χ2n) is 11.7. The third-order valence-corrected chi connectivity index (χ3v) is 9.46. The predicted octanol–water partition coefficient (Wildman–Crippen LogP) is 5.56. The average molecular weight is 512 g/mol. The van der Waals surface area contributed by atoms with Crippen LogP contribution in [0.5, 0.6) is 0 Å². The summed E-state index contributed by atoms with van der Waals surface area (Å²) in [5.74, 6) is 6.02. The summed E-state index contributed by atoms with van der Waals surface area (Å²) in [4.78, 5) is 14.3. The van der Waals surface area contributed by atoms with Crippen LogP contribution in [0.4, 0.5) is 10.1 Å². The summed E-state index contributed by atoms with van der Waals surface area (Å²) in [5.41, 5.74) is 4.37. The molecule has 1 N–H and O–H groups in total. The Morgan fingerprint density at radius 2 is 1.87 bits per heavy atom. The van der Waals surface area contributed by atoms with Gasteiger partial charge in [-0.05, 0) is 84.2 Å². The molecule has 2 saturated carbocycles. The van der Waals surface area contributed by atoms with Gasteiger partial charge in [-0.3, -0.25) is 4.79 Å². The molecule has 0 amide bonds. The maximum atomic E-state index is 14.4. The van der Waals surface area contributed by atoms with Crippen LogP contribution in [-0.2, 0) is 9.53 Å². The number of nitrogens with zero attached hydrogens (tertiary/aromatic N) is 1. The lowest BCUT2D eigenvalue weighted by Crippen LogP contribution is -2.53. The number of carbonyl (C=O) groups excluding carboxylic acids is 1. The predicted molar refractivity (Wildman–Crippen MR) is 146 cm³/mol. The molecule has 4 aliphatic rings. The molecule has 5 unspecified atom stereocenters. The molecule has 3 aliphatic carbocycles. The fourth-order valence-electron chi connectivity index (χ4n) is 7.26. The topological polar surface area (TPSA) is 49.8 Å². The zero-order chi connectivity index (χ0) is 26.7. The van der Waals surface area contributed by atoms with E-state index in [1.807, 2.05) is 14.1 Å². The smallest absolute Gasteiger partial charge is 0.156 e. The molecular formula is C33H34FNO3. The molecule has 1 heterocycles. The first-order valence-corrected chi connectivity index (χ1v) is 13.6. The Hall–Kier alpha value is -3.20. The van der Waals surface area contributed by atoms with Crippen molar-refractivity contribution in [1.29, 1.82) is 0 Å². The number of rotatable bonds is 2. The van der Waals surface area contributed by atoms with Crippen molar-refractivity contribution in [2.24, 2.45) is 11.3 Å². The molecule has 4 nitrogen and oxygen atoms in total. The van der Waals surface area contributed by atoms with Gasteiger partial charge in [-0.25, -0.2) is 4.39 Å². The van der Waals surface area contributed by atoms with Crippen molar-refractivity contribution in [1.82, 2.24) is 0 Å². The summed E-state index contributed by atoms with van der Waals surface area (Å²) in [5, 5.41) is 12.1. The molecule has 0 spiro atoms. The van der Waals surface area contributed by atoms with E-state index >= 15 is 0 Å². The minimum Gasteiger partial charge on any atom is -0.378 e. The molecule has 1 aliphatic heterocycles. The molecule has 0 radical (unpaired) electrons. The first kappa shape index (κ1) is 25.1. The van der Waals surface area contributed by atoms with Crippen molar-refractivity contribution in [3.05, 3.63) is 88.3 Å². The monoisotopic (exact) mass is 511 g/mol. The van der Waals surface area contributed by atoms with Crippen molar-refractivity contribution in [3.8, 4) is 11.8 Å². The first-order valence-electron chi connectivity index (χ1n) is 13.6. The van der Waals surface area contributed by atoms with Crippen LogP contribution in [0.2, 0.25) is 0 Å². The van der Waals surface area contributed by atoms with Gasteiger partial charge in [0.15, 0.2) is 5.78 Å². The zero-order valence-corrected chi connectivity index (χ0v) is 22.3. The lowest BCUT2D eigenvalue weighted by molar-refractivity contribution is -0.115. The number of fused-ring (bicyclic) bond motifs is 4. The summed E-state index contributed by atoms with van der Waals surface area (Å²) in [6, 6.07) is 15.1. The van der Waals surface area contributed by atoms with Crippen LogP contribution < -0.4 is 4.90 Å². The van der Waals surface area contributed by atoms with Gasteiger partial charge < -0.3 is 14.7 Å². The van der Waals surface area contributed by atoms with E-state index in [2.05, 4.69) is 47.9 Å². The maximum Gasteiger partial charge on any atom is 0.156 e. The summed E-state index contributed by atoms with van der Waals surface area (Å²) < 4.78 is 20.9. The van der Waals surface area contributed by atoms with Gasteiger partial charge in [-0.2, -0.15) is 0 Å². The number of benzene rings is 2. The summed E-state index contributed by atoms with van der Waals surface area (Å²) in [7, 11) is 4.06. The van der Waals surface area contributed by atoms with E-state index in [4.69, 9.17) is 4.74 Å². The SMILES string of the molecule is CN(C)c1ccc(C2CC3(C)C(CCC3(O)C#Cc3ccccc3F)C3OCC4=CC(=O)CCC4=C23)cc1. The molecule has 0 saturated heterocycles. The maximum absolute atomic E-state index is 14.4. The minimum atomic E-state index is -1.26. The van der Waals surface area contributed by atoms with Crippen molar-refractivity contribution < 1.29 is 19.0 Å². The number of carbonyl (C=O) groups is 1. The Bertz CT molecular complexity index is 1410. The highest BCUT2D eigenvalue weighted by Gasteiger charge is 2.63. The normalized spacial score (nSPS) is 32.0. The van der Waals surface area contributed by atoms with E-state index in [1.54, 1.807) is 24.3 Å². The molecule has 2 aromatic carbocycles. The molecule has 0 aromatic heterocycles. The molecule has 2 aromatic rings. The second kappa shape index (κ2) is 9.22. The summed E-state index contributed by atoms with van der Waals surface area (Å²) in [6.07, 6.45) is 4.91. The van der Waals surface area contributed by atoms with Gasteiger partial charge in [-0.1, -0.05) is 43.0 Å². The Balaban J connectivity index is 1.47. The zero-order valence-electron chi connectivity index (χ0n) is 22.3. The van der Waals surface area contributed by atoms with Gasteiger partial charge in [0, 0.05) is 37.5 Å². The molecule has 6 rings (SSSR count). The fraction of sp³-hybridized carbons (Fsp3) is 0.424. The largest absolute Gasteiger partial charge is 0.378 e. The van der Waals surface area contributed by atoms with Gasteiger partial charge in [0.25, 0.3) is 0 Å². The molecule has 5 atom stereocenters. The van der Waals surface area contributed by atoms with Crippen LogP contribution >= 0.6 is 0 Å². The standard InChI is InChI=1S/C33H34FNO3/c1-32-19-27(21-8-10-24(11-9-21)35(2)3)30-26-13-12-25(36)18-23(26)20-38-31(30)28(32)15-17-33(32,37)16-14-22-6-4-5-7-29(22)34/h4-11,18,27-28,31,37H,12-13,15,17,19-20H2,1-3H3. The Morgan fingerprint density at radius 3 is 2.61 bits per heavy atom. The van der Waals surface area contributed by atoms with Crippen molar-refractivity contribution >= 4 is 11.5 Å². The van der Waals surface area contributed by atoms with E-state index in [1.165, 1.54) is 22.8 Å². The van der Waals surface area contributed by atoms with Gasteiger partial charge >= 0.3 is 0 Å². The third-order valence-electron chi connectivity index (χ3n) is 9.46. The van der Waals surface area contributed by atoms with E-state index in [0.717, 1.165) is 24.1 Å².